The first-order valence-corrected chi connectivity index (χ1v) is 4.26. The van der Waals surface area contributed by atoms with Crippen LogP contribution < -0.4 is 11.5 Å². The second-order valence-electron chi connectivity index (χ2n) is 2.44. The molecule has 1 amide bonds. The number of amides is 1. The summed E-state index contributed by atoms with van der Waals surface area (Å²) < 4.78 is 25.0. The van der Waals surface area contributed by atoms with E-state index in [0.717, 1.165) is 6.20 Å². The van der Waals surface area contributed by atoms with Gasteiger partial charge in [-0.25, -0.2) is 13.8 Å². The minimum absolute atomic E-state index is 0.00972. The van der Waals surface area contributed by atoms with Gasteiger partial charge in [0.1, 0.15) is 5.82 Å². The first-order valence-electron chi connectivity index (χ1n) is 3.47. The maximum absolute atomic E-state index is 12.5. The highest BCUT2D eigenvalue weighted by Crippen LogP contribution is 2.31. The molecular weight excluding hydrogens is 260 g/mol. The highest BCUT2D eigenvalue weighted by molar-refractivity contribution is 9.10. The smallest absolute Gasteiger partial charge is 0.265 e. The van der Waals surface area contributed by atoms with Crippen LogP contribution in [0.1, 0.15) is 22.3 Å². The largest absolute Gasteiger partial charge is 0.383 e. The van der Waals surface area contributed by atoms with Gasteiger partial charge in [-0.05, 0) is 15.9 Å². The molecule has 0 spiro atoms. The molecule has 14 heavy (non-hydrogen) atoms. The number of primary amides is 1. The molecule has 0 aliphatic heterocycles. The lowest BCUT2D eigenvalue weighted by Gasteiger charge is -2.09. The van der Waals surface area contributed by atoms with E-state index < -0.39 is 23.5 Å². The number of nitrogens with two attached hydrogens (primary N) is 2. The molecule has 1 rings (SSSR count). The summed E-state index contributed by atoms with van der Waals surface area (Å²) in [4.78, 5) is 14.4. The molecule has 0 bridgehead atoms. The van der Waals surface area contributed by atoms with Gasteiger partial charge in [0, 0.05) is 16.2 Å². The van der Waals surface area contributed by atoms with Crippen molar-refractivity contribution in [1.29, 1.82) is 0 Å². The summed E-state index contributed by atoms with van der Waals surface area (Å²) >= 11 is 2.84. The zero-order valence-electron chi connectivity index (χ0n) is 6.80. The Hall–Kier alpha value is -1.24. The van der Waals surface area contributed by atoms with E-state index in [1.807, 2.05) is 0 Å². The Kier molecular flexibility index (Phi) is 3.00. The van der Waals surface area contributed by atoms with Gasteiger partial charge in [-0.15, -0.1) is 0 Å². The van der Waals surface area contributed by atoms with Crippen LogP contribution in [-0.4, -0.2) is 10.9 Å². The molecule has 1 aromatic heterocycles. The van der Waals surface area contributed by atoms with Gasteiger partial charge in [-0.1, -0.05) is 0 Å². The Morgan fingerprint density at radius 1 is 1.57 bits per heavy atom. The summed E-state index contributed by atoms with van der Waals surface area (Å²) in [7, 11) is 0. The fraction of sp³-hybridized carbons (Fsp3) is 0.143. The number of nitrogens with zero attached hydrogens (tertiary/aromatic N) is 1. The number of anilines is 1. The minimum Gasteiger partial charge on any atom is -0.383 e. The molecule has 76 valence electrons. The standard InChI is InChI=1S/C7H6BrF2N3O/c8-2-1-13-6(11)4(7(12)14)3(2)5(9)10/h1,5H,(H2,11,13)(H2,12,14). The number of carbonyl (C=O) groups is 1. The molecular formula is C7H6BrF2N3O. The predicted molar refractivity (Wildman–Crippen MR) is 49.8 cm³/mol. The van der Waals surface area contributed by atoms with E-state index in [9.17, 15) is 13.6 Å². The van der Waals surface area contributed by atoms with E-state index in [0.29, 0.717) is 0 Å². The summed E-state index contributed by atoms with van der Waals surface area (Å²) in [6, 6.07) is 0. The van der Waals surface area contributed by atoms with Crippen LogP contribution in [0, 0.1) is 0 Å². The lowest BCUT2D eigenvalue weighted by molar-refractivity contribution is 0.0986. The lowest BCUT2D eigenvalue weighted by Crippen LogP contribution is -2.18. The number of hydrogen-bond acceptors (Lipinski definition) is 3. The molecule has 1 aromatic rings. The number of nitrogen functional groups attached to an aromatic ring is 1. The van der Waals surface area contributed by atoms with E-state index >= 15 is 0 Å². The number of rotatable bonds is 2. The van der Waals surface area contributed by atoms with Crippen LogP contribution in [0.3, 0.4) is 0 Å². The number of pyridine rings is 1. The fourth-order valence-corrected chi connectivity index (χ4v) is 1.46. The summed E-state index contributed by atoms with van der Waals surface area (Å²) in [6.07, 6.45) is -1.74. The van der Waals surface area contributed by atoms with Gasteiger partial charge in [-0.2, -0.15) is 0 Å². The molecule has 0 saturated heterocycles. The normalized spacial score (nSPS) is 10.6. The molecule has 0 unspecified atom stereocenters. The third kappa shape index (κ3) is 1.82. The van der Waals surface area contributed by atoms with Crippen molar-refractivity contribution in [3.8, 4) is 0 Å². The van der Waals surface area contributed by atoms with Crippen LogP contribution in [0.5, 0.6) is 0 Å². The molecule has 0 fully saturated rings. The molecule has 0 radical (unpaired) electrons. The Labute approximate surface area is 86.4 Å². The average molecular weight is 266 g/mol. The van der Waals surface area contributed by atoms with Gasteiger partial charge in [0.05, 0.1) is 5.56 Å². The van der Waals surface area contributed by atoms with Crippen LogP contribution in [0.4, 0.5) is 14.6 Å². The van der Waals surface area contributed by atoms with Gasteiger partial charge in [0.2, 0.25) is 0 Å². The molecule has 0 saturated carbocycles. The highest BCUT2D eigenvalue weighted by atomic mass is 79.9. The Bertz CT molecular complexity index is 383. The SMILES string of the molecule is NC(=O)c1c(N)ncc(Br)c1C(F)F. The number of carbonyl (C=O) groups excluding carboxylic acids is 1. The average Bonchev–Trinajstić information content (AvgIpc) is 2.07. The van der Waals surface area contributed by atoms with Gasteiger partial charge in [-0.3, -0.25) is 4.79 Å². The Morgan fingerprint density at radius 3 is 2.50 bits per heavy atom. The first kappa shape index (κ1) is 10.8. The fourth-order valence-electron chi connectivity index (χ4n) is 0.990. The molecule has 4 nitrogen and oxygen atoms in total. The Balaban J connectivity index is 3.50. The van der Waals surface area contributed by atoms with E-state index in [4.69, 9.17) is 11.5 Å². The van der Waals surface area contributed by atoms with Gasteiger partial charge in [0.15, 0.2) is 0 Å². The van der Waals surface area contributed by atoms with E-state index in [1.165, 1.54) is 0 Å². The van der Waals surface area contributed by atoms with Crippen molar-refractivity contribution >= 4 is 27.7 Å². The van der Waals surface area contributed by atoms with Crippen molar-refractivity contribution in [3.05, 3.63) is 21.8 Å². The second-order valence-corrected chi connectivity index (χ2v) is 3.30. The van der Waals surface area contributed by atoms with Crippen LogP contribution in [-0.2, 0) is 0 Å². The van der Waals surface area contributed by atoms with Crippen molar-refractivity contribution < 1.29 is 13.6 Å². The number of aromatic nitrogens is 1. The van der Waals surface area contributed by atoms with Crippen molar-refractivity contribution in [1.82, 2.24) is 4.98 Å². The monoisotopic (exact) mass is 265 g/mol. The molecule has 0 aromatic carbocycles. The second kappa shape index (κ2) is 3.87. The quantitative estimate of drug-likeness (QED) is 0.850. The highest BCUT2D eigenvalue weighted by Gasteiger charge is 2.23. The maximum Gasteiger partial charge on any atom is 0.265 e. The molecule has 0 atom stereocenters. The van der Waals surface area contributed by atoms with E-state index in [-0.39, 0.29) is 10.3 Å². The topological polar surface area (TPSA) is 82.0 Å². The summed E-state index contributed by atoms with van der Waals surface area (Å²) in [5.74, 6) is -1.32. The minimum atomic E-state index is -2.84. The van der Waals surface area contributed by atoms with Gasteiger partial charge in [0.25, 0.3) is 12.3 Å². The molecule has 4 N–H and O–H groups in total. The number of hydrogen-bond donors (Lipinski definition) is 2. The van der Waals surface area contributed by atoms with Crippen LogP contribution in [0.25, 0.3) is 0 Å². The molecule has 1 heterocycles. The first-order chi connectivity index (χ1) is 6.45. The van der Waals surface area contributed by atoms with Gasteiger partial charge < -0.3 is 11.5 Å². The van der Waals surface area contributed by atoms with E-state index in [2.05, 4.69) is 20.9 Å². The lowest BCUT2D eigenvalue weighted by atomic mass is 10.1. The van der Waals surface area contributed by atoms with Crippen molar-refractivity contribution in [3.63, 3.8) is 0 Å². The number of alkyl halides is 2. The Morgan fingerprint density at radius 2 is 2.14 bits per heavy atom. The van der Waals surface area contributed by atoms with Crippen molar-refractivity contribution in [2.75, 3.05) is 5.73 Å². The predicted octanol–water partition coefficient (Wildman–Crippen LogP) is 1.46. The van der Waals surface area contributed by atoms with Crippen molar-refractivity contribution in [2.45, 2.75) is 6.43 Å². The summed E-state index contributed by atoms with van der Waals surface area (Å²) in [5, 5.41) is 0. The van der Waals surface area contributed by atoms with Gasteiger partial charge >= 0.3 is 0 Å². The number of halogens is 3. The van der Waals surface area contributed by atoms with E-state index in [1.54, 1.807) is 0 Å². The molecule has 7 heteroatoms. The van der Waals surface area contributed by atoms with Crippen molar-refractivity contribution in [2.24, 2.45) is 5.73 Å². The molecule has 0 aliphatic rings. The van der Waals surface area contributed by atoms with Crippen LogP contribution >= 0.6 is 15.9 Å². The van der Waals surface area contributed by atoms with Crippen LogP contribution in [0.15, 0.2) is 10.7 Å². The van der Waals surface area contributed by atoms with Crippen LogP contribution in [0.2, 0.25) is 0 Å². The summed E-state index contributed by atoms with van der Waals surface area (Å²) in [6.45, 7) is 0. The third-order valence-corrected chi connectivity index (χ3v) is 2.20. The molecule has 0 aliphatic carbocycles. The zero-order valence-corrected chi connectivity index (χ0v) is 8.38. The summed E-state index contributed by atoms with van der Waals surface area (Å²) in [5.41, 5.74) is 9.21. The zero-order chi connectivity index (χ0) is 10.9. The maximum atomic E-state index is 12.5. The third-order valence-electron chi connectivity index (χ3n) is 1.56.